The van der Waals surface area contributed by atoms with Crippen LogP contribution in [0.1, 0.15) is 11.3 Å². The third-order valence-corrected chi connectivity index (χ3v) is 5.41. The van der Waals surface area contributed by atoms with Crippen LogP contribution in [0.2, 0.25) is 5.02 Å². The molecule has 1 N–H and O–H groups in total. The highest BCUT2D eigenvalue weighted by Crippen LogP contribution is 2.23. The molecule has 0 amide bonds. The fourth-order valence-electron chi connectivity index (χ4n) is 2.30. The van der Waals surface area contributed by atoms with Crippen molar-refractivity contribution < 1.29 is 8.42 Å². The molecule has 24 heavy (non-hydrogen) atoms. The number of anilines is 1. The van der Waals surface area contributed by atoms with Gasteiger partial charge >= 0.3 is 0 Å². The third kappa shape index (κ3) is 3.29. The lowest BCUT2D eigenvalue weighted by Gasteiger charge is -2.11. The Morgan fingerprint density at radius 1 is 1.08 bits per heavy atom. The summed E-state index contributed by atoms with van der Waals surface area (Å²) in [6, 6.07) is 13.6. The van der Waals surface area contributed by atoms with E-state index in [1.165, 1.54) is 12.1 Å². The topological polar surface area (TPSA) is 64.0 Å². The number of nitrogens with zero attached hydrogens (tertiary/aromatic N) is 2. The van der Waals surface area contributed by atoms with Crippen molar-refractivity contribution in [2.45, 2.75) is 18.7 Å². The average molecular weight is 362 g/mol. The van der Waals surface area contributed by atoms with Crippen molar-refractivity contribution in [3.05, 3.63) is 71.0 Å². The number of hydrogen-bond donors (Lipinski definition) is 1. The van der Waals surface area contributed by atoms with E-state index in [2.05, 4.69) is 9.82 Å². The Morgan fingerprint density at radius 2 is 1.88 bits per heavy atom. The summed E-state index contributed by atoms with van der Waals surface area (Å²) < 4.78 is 29.4. The van der Waals surface area contributed by atoms with E-state index in [4.69, 9.17) is 11.6 Å². The first-order valence-corrected chi connectivity index (χ1v) is 9.13. The molecular formula is C17H16ClN3O2S. The highest BCUT2D eigenvalue weighted by atomic mass is 35.5. The van der Waals surface area contributed by atoms with Gasteiger partial charge in [0.1, 0.15) is 0 Å². The van der Waals surface area contributed by atoms with Gasteiger partial charge in [0, 0.05) is 16.9 Å². The number of benzene rings is 2. The van der Waals surface area contributed by atoms with Crippen molar-refractivity contribution in [2.24, 2.45) is 0 Å². The van der Waals surface area contributed by atoms with E-state index in [0.717, 1.165) is 16.9 Å². The first-order chi connectivity index (χ1) is 11.4. The lowest BCUT2D eigenvalue weighted by Crippen LogP contribution is -2.13. The van der Waals surface area contributed by atoms with E-state index in [1.54, 1.807) is 35.1 Å². The maximum Gasteiger partial charge on any atom is 0.261 e. The van der Waals surface area contributed by atoms with Crippen LogP contribution in [0.4, 0.5) is 5.69 Å². The molecule has 1 heterocycles. The molecule has 7 heteroatoms. The Hall–Kier alpha value is -2.31. The van der Waals surface area contributed by atoms with Crippen LogP contribution in [0, 0.1) is 13.8 Å². The molecule has 2 aromatic carbocycles. The number of halogens is 1. The van der Waals surface area contributed by atoms with E-state index < -0.39 is 10.0 Å². The van der Waals surface area contributed by atoms with Gasteiger partial charge in [-0.2, -0.15) is 5.10 Å². The summed E-state index contributed by atoms with van der Waals surface area (Å²) in [5.41, 5.74) is 3.02. The van der Waals surface area contributed by atoms with Gasteiger partial charge in [0.15, 0.2) is 0 Å². The first kappa shape index (κ1) is 16.5. The Labute approximate surface area is 145 Å². The van der Waals surface area contributed by atoms with Crippen LogP contribution in [0.5, 0.6) is 0 Å². The second-order valence-corrected chi connectivity index (χ2v) is 7.54. The van der Waals surface area contributed by atoms with Crippen LogP contribution < -0.4 is 4.72 Å². The zero-order chi connectivity index (χ0) is 17.3. The molecular weight excluding hydrogens is 346 g/mol. The summed E-state index contributed by atoms with van der Waals surface area (Å²) in [7, 11) is -3.71. The molecule has 0 atom stereocenters. The number of nitrogens with one attached hydrogen (secondary N) is 1. The SMILES string of the molecule is Cc1ccc(S(=O)(=O)Nc2cccc(-n3nccc3C)c2)cc1Cl. The molecule has 5 nitrogen and oxygen atoms in total. The van der Waals surface area contributed by atoms with Crippen molar-refractivity contribution in [3.8, 4) is 5.69 Å². The van der Waals surface area contributed by atoms with Crippen LogP contribution in [-0.2, 0) is 10.0 Å². The monoisotopic (exact) mass is 361 g/mol. The number of aromatic nitrogens is 2. The molecule has 0 aliphatic heterocycles. The van der Waals surface area contributed by atoms with E-state index >= 15 is 0 Å². The second kappa shape index (κ2) is 6.30. The van der Waals surface area contributed by atoms with Gasteiger partial charge in [-0.05, 0) is 55.8 Å². The molecule has 0 spiro atoms. The summed E-state index contributed by atoms with van der Waals surface area (Å²) >= 11 is 6.03. The smallest absolute Gasteiger partial charge is 0.261 e. The first-order valence-electron chi connectivity index (χ1n) is 7.27. The van der Waals surface area contributed by atoms with Gasteiger partial charge in [0.2, 0.25) is 0 Å². The molecule has 1 aromatic heterocycles. The Morgan fingerprint density at radius 3 is 2.54 bits per heavy atom. The van der Waals surface area contributed by atoms with Gasteiger partial charge in [-0.3, -0.25) is 4.72 Å². The van der Waals surface area contributed by atoms with E-state index in [-0.39, 0.29) is 4.90 Å². The van der Waals surface area contributed by atoms with Crippen molar-refractivity contribution in [1.29, 1.82) is 0 Å². The second-order valence-electron chi connectivity index (χ2n) is 5.45. The minimum Gasteiger partial charge on any atom is -0.280 e. The summed E-state index contributed by atoms with van der Waals surface area (Å²) in [6.45, 7) is 3.75. The van der Waals surface area contributed by atoms with Crippen molar-refractivity contribution in [3.63, 3.8) is 0 Å². The minimum absolute atomic E-state index is 0.124. The van der Waals surface area contributed by atoms with Crippen molar-refractivity contribution in [2.75, 3.05) is 4.72 Å². The molecule has 0 saturated carbocycles. The molecule has 0 aliphatic rings. The summed E-state index contributed by atoms with van der Waals surface area (Å²) in [5, 5.41) is 4.64. The fourth-order valence-corrected chi connectivity index (χ4v) is 3.62. The van der Waals surface area contributed by atoms with Gasteiger partial charge in [-0.15, -0.1) is 0 Å². The molecule has 0 aliphatic carbocycles. The van der Waals surface area contributed by atoms with Crippen molar-refractivity contribution in [1.82, 2.24) is 9.78 Å². The van der Waals surface area contributed by atoms with Gasteiger partial charge in [-0.1, -0.05) is 23.7 Å². The predicted octanol–water partition coefficient (Wildman–Crippen LogP) is 3.94. The average Bonchev–Trinajstić information content (AvgIpc) is 2.96. The van der Waals surface area contributed by atoms with Crippen molar-refractivity contribution >= 4 is 27.3 Å². The van der Waals surface area contributed by atoms with Crippen LogP contribution in [-0.4, -0.2) is 18.2 Å². The van der Waals surface area contributed by atoms with Crippen LogP contribution >= 0.6 is 11.6 Å². The Kier molecular flexibility index (Phi) is 4.34. The lowest BCUT2D eigenvalue weighted by molar-refractivity contribution is 0.601. The molecule has 124 valence electrons. The largest absolute Gasteiger partial charge is 0.280 e. The minimum atomic E-state index is -3.71. The molecule has 3 rings (SSSR count). The molecule has 3 aromatic rings. The molecule has 0 fully saturated rings. The van der Waals surface area contributed by atoms with Gasteiger partial charge in [0.05, 0.1) is 16.3 Å². The summed E-state index contributed by atoms with van der Waals surface area (Å²) in [5.74, 6) is 0. The Balaban J connectivity index is 1.93. The van der Waals surface area contributed by atoms with Crippen LogP contribution in [0.15, 0.2) is 59.6 Å². The number of hydrogen-bond acceptors (Lipinski definition) is 3. The zero-order valence-corrected chi connectivity index (χ0v) is 14.8. The predicted molar refractivity (Wildman–Crippen MR) is 95.3 cm³/mol. The third-order valence-electron chi connectivity index (χ3n) is 3.63. The fraction of sp³-hybridized carbons (Fsp3) is 0.118. The quantitative estimate of drug-likeness (QED) is 0.765. The highest BCUT2D eigenvalue weighted by molar-refractivity contribution is 7.92. The normalized spacial score (nSPS) is 11.5. The summed E-state index contributed by atoms with van der Waals surface area (Å²) in [4.78, 5) is 0.124. The molecule has 0 bridgehead atoms. The van der Waals surface area contributed by atoms with E-state index in [9.17, 15) is 8.42 Å². The van der Waals surface area contributed by atoms with Crippen LogP contribution in [0.25, 0.3) is 5.69 Å². The van der Waals surface area contributed by atoms with Crippen LogP contribution in [0.3, 0.4) is 0 Å². The maximum atomic E-state index is 12.5. The Bertz CT molecular complexity index is 997. The number of sulfonamides is 1. The van der Waals surface area contributed by atoms with E-state index in [1.807, 2.05) is 26.0 Å². The number of rotatable bonds is 4. The van der Waals surface area contributed by atoms with Gasteiger partial charge in [-0.25, -0.2) is 13.1 Å². The standard InChI is InChI=1S/C17H16ClN3O2S/c1-12-6-7-16(11-17(12)18)24(22,23)20-14-4-3-5-15(10-14)21-13(2)8-9-19-21/h3-11,20H,1-2H3. The van der Waals surface area contributed by atoms with Gasteiger partial charge < -0.3 is 0 Å². The maximum absolute atomic E-state index is 12.5. The summed E-state index contributed by atoms with van der Waals surface area (Å²) in [6.07, 6.45) is 1.69. The zero-order valence-electron chi connectivity index (χ0n) is 13.2. The van der Waals surface area contributed by atoms with E-state index in [0.29, 0.717) is 10.7 Å². The molecule has 0 unspecified atom stereocenters. The highest BCUT2D eigenvalue weighted by Gasteiger charge is 2.15. The van der Waals surface area contributed by atoms with Gasteiger partial charge in [0.25, 0.3) is 10.0 Å². The molecule has 0 saturated heterocycles. The number of aryl methyl sites for hydroxylation is 2. The lowest BCUT2D eigenvalue weighted by atomic mass is 10.2. The molecule has 0 radical (unpaired) electrons.